The maximum absolute atomic E-state index is 6.39. The first-order valence-electron chi connectivity index (χ1n) is 6.16. The van der Waals surface area contributed by atoms with Gasteiger partial charge >= 0.3 is 0 Å². The zero-order valence-electron chi connectivity index (χ0n) is 11.2. The van der Waals surface area contributed by atoms with Crippen molar-refractivity contribution in [2.45, 2.75) is 45.7 Å². The summed E-state index contributed by atoms with van der Waals surface area (Å²) in [6.07, 6.45) is 0.944. The molecule has 0 saturated carbocycles. The van der Waals surface area contributed by atoms with Gasteiger partial charge in [-0.2, -0.15) is 0 Å². The minimum atomic E-state index is 0.0416. The minimum Gasteiger partial charge on any atom is -0.326 e. The van der Waals surface area contributed by atoms with E-state index < -0.39 is 0 Å². The molecule has 1 heterocycles. The molecule has 0 bridgehead atoms. The van der Waals surface area contributed by atoms with Crippen molar-refractivity contribution < 1.29 is 0 Å². The zero-order valence-corrected chi connectivity index (χ0v) is 13.6. The lowest BCUT2D eigenvalue weighted by Gasteiger charge is -2.41. The second-order valence-corrected chi connectivity index (χ2v) is 7.39. The SMILES string of the molecule is CCN(CC)C(C)(C)C(N)Cc1ccc(Br)s1. The first kappa shape index (κ1) is 15.2. The standard InChI is InChI=1S/C13H23BrN2S/c1-5-16(6-2)13(3,4)11(15)9-10-7-8-12(14)17-10/h7-8,11H,5-6,9,15H2,1-4H3. The van der Waals surface area contributed by atoms with Gasteiger partial charge in [-0.05, 0) is 61.4 Å². The van der Waals surface area contributed by atoms with E-state index in [9.17, 15) is 0 Å². The molecule has 1 aromatic rings. The van der Waals surface area contributed by atoms with Gasteiger partial charge in [0.2, 0.25) is 0 Å². The van der Waals surface area contributed by atoms with Crippen molar-refractivity contribution in [1.82, 2.24) is 4.90 Å². The Morgan fingerprint density at radius 3 is 2.35 bits per heavy atom. The van der Waals surface area contributed by atoms with E-state index in [-0.39, 0.29) is 11.6 Å². The molecule has 2 N–H and O–H groups in total. The van der Waals surface area contributed by atoms with Crippen LogP contribution in [0.5, 0.6) is 0 Å². The van der Waals surface area contributed by atoms with Gasteiger partial charge in [0.1, 0.15) is 0 Å². The third-order valence-electron chi connectivity index (χ3n) is 3.54. The van der Waals surface area contributed by atoms with Crippen molar-refractivity contribution in [1.29, 1.82) is 0 Å². The second-order valence-electron chi connectivity index (χ2n) is 4.84. The Hall–Kier alpha value is 0.1000. The van der Waals surface area contributed by atoms with Crippen molar-refractivity contribution in [2.24, 2.45) is 5.73 Å². The lowest BCUT2D eigenvalue weighted by molar-refractivity contribution is 0.107. The molecule has 0 saturated heterocycles. The van der Waals surface area contributed by atoms with Crippen molar-refractivity contribution in [3.8, 4) is 0 Å². The van der Waals surface area contributed by atoms with Gasteiger partial charge in [0, 0.05) is 16.5 Å². The Balaban J connectivity index is 2.71. The maximum atomic E-state index is 6.39. The lowest BCUT2D eigenvalue weighted by atomic mass is 9.90. The molecule has 4 heteroatoms. The molecule has 0 radical (unpaired) electrons. The van der Waals surface area contributed by atoms with Crippen LogP contribution >= 0.6 is 27.3 Å². The quantitative estimate of drug-likeness (QED) is 0.869. The average molecular weight is 319 g/mol. The summed E-state index contributed by atoms with van der Waals surface area (Å²) in [5.41, 5.74) is 6.44. The molecule has 0 aromatic carbocycles. The number of nitrogens with zero attached hydrogens (tertiary/aromatic N) is 1. The third-order valence-corrected chi connectivity index (χ3v) is 5.18. The maximum Gasteiger partial charge on any atom is 0.0701 e. The summed E-state index contributed by atoms with van der Waals surface area (Å²) in [4.78, 5) is 3.78. The van der Waals surface area contributed by atoms with E-state index >= 15 is 0 Å². The third kappa shape index (κ3) is 3.78. The summed E-state index contributed by atoms with van der Waals surface area (Å²) < 4.78 is 1.18. The van der Waals surface area contributed by atoms with Gasteiger partial charge in [0.05, 0.1) is 3.79 Å². The van der Waals surface area contributed by atoms with E-state index in [0.717, 1.165) is 19.5 Å². The first-order chi connectivity index (χ1) is 7.91. The fourth-order valence-corrected chi connectivity index (χ4v) is 3.74. The molecule has 1 atom stereocenters. The van der Waals surface area contributed by atoms with Gasteiger partial charge < -0.3 is 5.73 Å². The highest BCUT2D eigenvalue weighted by atomic mass is 79.9. The molecule has 2 nitrogen and oxygen atoms in total. The fraction of sp³-hybridized carbons (Fsp3) is 0.692. The highest BCUT2D eigenvalue weighted by molar-refractivity contribution is 9.11. The van der Waals surface area contributed by atoms with Gasteiger partial charge in [0.25, 0.3) is 0 Å². The van der Waals surface area contributed by atoms with E-state index in [0.29, 0.717) is 0 Å². The van der Waals surface area contributed by atoms with Crippen LogP contribution in [0, 0.1) is 0 Å². The number of thiophene rings is 1. The van der Waals surface area contributed by atoms with Crippen LogP contribution in [-0.4, -0.2) is 29.6 Å². The monoisotopic (exact) mass is 318 g/mol. The molecule has 0 fully saturated rings. The number of likely N-dealkylation sites (N-methyl/N-ethyl adjacent to an activating group) is 1. The highest BCUT2D eigenvalue weighted by Gasteiger charge is 2.31. The van der Waals surface area contributed by atoms with Crippen molar-refractivity contribution in [3.63, 3.8) is 0 Å². The van der Waals surface area contributed by atoms with Crippen LogP contribution in [0.15, 0.2) is 15.9 Å². The summed E-state index contributed by atoms with van der Waals surface area (Å²) >= 11 is 5.27. The summed E-state index contributed by atoms with van der Waals surface area (Å²) in [7, 11) is 0. The van der Waals surface area contributed by atoms with Crippen LogP contribution < -0.4 is 5.73 Å². The lowest BCUT2D eigenvalue weighted by Crippen LogP contribution is -2.56. The first-order valence-corrected chi connectivity index (χ1v) is 7.77. The molecule has 1 aromatic heterocycles. The Kier molecular flexibility index (Phi) is 5.64. The van der Waals surface area contributed by atoms with Gasteiger partial charge in [-0.25, -0.2) is 0 Å². The number of hydrogen-bond donors (Lipinski definition) is 1. The topological polar surface area (TPSA) is 29.3 Å². The predicted molar refractivity (Wildman–Crippen MR) is 80.7 cm³/mol. The molecule has 1 unspecified atom stereocenters. The van der Waals surface area contributed by atoms with Crippen LogP contribution in [0.1, 0.15) is 32.6 Å². The summed E-state index contributed by atoms with van der Waals surface area (Å²) in [6, 6.07) is 4.41. The largest absolute Gasteiger partial charge is 0.326 e. The Morgan fingerprint density at radius 1 is 1.35 bits per heavy atom. The molecule has 0 aliphatic heterocycles. The fourth-order valence-electron chi connectivity index (χ4n) is 2.20. The molecular formula is C13H23BrN2S. The summed E-state index contributed by atoms with van der Waals surface area (Å²) in [5, 5.41) is 0. The van der Waals surface area contributed by atoms with Crippen molar-refractivity contribution in [3.05, 3.63) is 20.8 Å². The number of rotatable bonds is 6. The smallest absolute Gasteiger partial charge is 0.0701 e. The van der Waals surface area contributed by atoms with Crippen LogP contribution in [0.25, 0.3) is 0 Å². The van der Waals surface area contributed by atoms with Crippen molar-refractivity contribution in [2.75, 3.05) is 13.1 Å². The number of hydrogen-bond acceptors (Lipinski definition) is 3. The Labute approximate surface area is 117 Å². The van der Waals surface area contributed by atoms with Gasteiger partial charge in [-0.3, -0.25) is 4.90 Å². The molecule has 0 aliphatic rings. The van der Waals surface area contributed by atoms with Crippen LogP contribution in [0.4, 0.5) is 0 Å². The Morgan fingerprint density at radius 2 is 1.94 bits per heavy atom. The molecule has 0 spiro atoms. The molecule has 0 amide bonds. The molecule has 17 heavy (non-hydrogen) atoms. The van der Waals surface area contributed by atoms with Gasteiger partial charge in [-0.1, -0.05) is 13.8 Å². The van der Waals surface area contributed by atoms with Crippen LogP contribution in [0.2, 0.25) is 0 Å². The van der Waals surface area contributed by atoms with Gasteiger partial charge in [0.15, 0.2) is 0 Å². The van der Waals surface area contributed by atoms with E-state index in [1.54, 1.807) is 11.3 Å². The van der Waals surface area contributed by atoms with Crippen LogP contribution in [-0.2, 0) is 6.42 Å². The molecule has 1 rings (SSSR count). The summed E-state index contributed by atoms with van der Waals surface area (Å²) in [6.45, 7) is 11.0. The number of halogens is 1. The Bertz CT molecular complexity index is 345. The highest BCUT2D eigenvalue weighted by Crippen LogP contribution is 2.26. The summed E-state index contributed by atoms with van der Waals surface area (Å²) in [5.74, 6) is 0. The van der Waals surface area contributed by atoms with E-state index in [1.807, 2.05) is 0 Å². The van der Waals surface area contributed by atoms with Crippen LogP contribution in [0.3, 0.4) is 0 Å². The predicted octanol–water partition coefficient (Wildman–Crippen LogP) is 3.50. The second kappa shape index (κ2) is 6.32. The van der Waals surface area contributed by atoms with E-state index in [4.69, 9.17) is 5.73 Å². The minimum absolute atomic E-state index is 0.0416. The molecule has 0 aliphatic carbocycles. The van der Waals surface area contributed by atoms with E-state index in [1.165, 1.54) is 8.66 Å². The van der Waals surface area contributed by atoms with E-state index in [2.05, 4.69) is 60.7 Å². The van der Waals surface area contributed by atoms with Gasteiger partial charge in [-0.15, -0.1) is 11.3 Å². The number of nitrogens with two attached hydrogens (primary N) is 1. The molecular weight excluding hydrogens is 296 g/mol. The zero-order chi connectivity index (χ0) is 13.1. The van der Waals surface area contributed by atoms with Crippen molar-refractivity contribution >= 4 is 27.3 Å². The molecule has 98 valence electrons. The normalized spacial score (nSPS) is 14.3. The average Bonchev–Trinajstić information content (AvgIpc) is 2.65.